The van der Waals surface area contributed by atoms with E-state index >= 15 is 0 Å². The van der Waals surface area contributed by atoms with E-state index in [1.165, 1.54) is 31.9 Å². The number of hydrogen-bond acceptors (Lipinski definition) is 1. The second kappa shape index (κ2) is 5.10. The van der Waals surface area contributed by atoms with Crippen molar-refractivity contribution >= 4 is 22.2 Å². The van der Waals surface area contributed by atoms with Gasteiger partial charge in [-0.15, -0.1) is 11.3 Å². The highest BCUT2D eigenvalue weighted by atomic mass is 32.1. The van der Waals surface area contributed by atoms with Gasteiger partial charge < -0.3 is 4.98 Å². The molecule has 20 heavy (non-hydrogen) atoms. The molecule has 1 nitrogen and oxygen atoms in total. The Hall–Kier alpha value is -1.54. The van der Waals surface area contributed by atoms with E-state index in [9.17, 15) is 0 Å². The summed E-state index contributed by atoms with van der Waals surface area (Å²) >= 11 is 1.89. The van der Waals surface area contributed by atoms with Gasteiger partial charge in [0.1, 0.15) is 0 Å². The summed E-state index contributed by atoms with van der Waals surface area (Å²) in [5.41, 5.74) is 3.86. The second-order valence-corrected chi connectivity index (χ2v) is 7.16. The lowest BCUT2D eigenvalue weighted by atomic mass is 10.0. The molecule has 0 bridgehead atoms. The van der Waals surface area contributed by atoms with Crippen molar-refractivity contribution in [3.8, 4) is 10.6 Å². The van der Waals surface area contributed by atoms with Crippen LogP contribution in [0.5, 0.6) is 0 Å². The quantitative estimate of drug-likeness (QED) is 0.594. The minimum absolute atomic E-state index is 0.576. The van der Waals surface area contributed by atoms with E-state index in [0.29, 0.717) is 11.8 Å². The van der Waals surface area contributed by atoms with Gasteiger partial charge in [0.05, 0.1) is 10.6 Å². The van der Waals surface area contributed by atoms with Gasteiger partial charge >= 0.3 is 0 Å². The van der Waals surface area contributed by atoms with E-state index in [0.717, 1.165) is 0 Å². The summed E-state index contributed by atoms with van der Waals surface area (Å²) in [6.07, 6.45) is 0. The average Bonchev–Trinajstić information content (AvgIpc) is 3.04. The lowest BCUT2D eigenvalue weighted by molar-refractivity contribution is 0.869. The number of H-pyrrole nitrogens is 1. The van der Waals surface area contributed by atoms with Crippen molar-refractivity contribution in [1.29, 1.82) is 0 Å². The van der Waals surface area contributed by atoms with E-state index in [2.05, 4.69) is 69.1 Å². The first-order valence-electron chi connectivity index (χ1n) is 7.27. The SMILES string of the molecule is CC(C)c1ccc2[nH]c(-c3ccc(C(C)C)s3)cc2c1. The molecule has 3 aromatic rings. The molecule has 2 heteroatoms. The van der Waals surface area contributed by atoms with Crippen LogP contribution in [-0.4, -0.2) is 4.98 Å². The normalized spacial score (nSPS) is 11.9. The molecule has 0 fully saturated rings. The number of aromatic nitrogens is 1. The molecule has 0 saturated heterocycles. The minimum Gasteiger partial charge on any atom is -0.354 e. The standard InChI is InChI=1S/C18H21NS/c1-11(2)13-5-6-15-14(9-13)10-16(19-15)18-8-7-17(20-18)12(3)4/h5-12,19H,1-4H3. The molecule has 104 valence electrons. The zero-order valence-electron chi connectivity index (χ0n) is 12.5. The van der Waals surface area contributed by atoms with Crippen LogP contribution in [0.3, 0.4) is 0 Å². The van der Waals surface area contributed by atoms with Gasteiger partial charge in [0, 0.05) is 15.8 Å². The fourth-order valence-corrected chi connectivity index (χ4v) is 3.43. The van der Waals surface area contributed by atoms with Gasteiger partial charge in [-0.3, -0.25) is 0 Å². The zero-order valence-corrected chi connectivity index (χ0v) is 13.3. The maximum Gasteiger partial charge on any atom is 0.0566 e. The van der Waals surface area contributed by atoms with Crippen molar-refractivity contribution in [2.45, 2.75) is 39.5 Å². The Morgan fingerprint density at radius 2 is 1.70 bits per heavy atom. The molecule has 0 aliphatic rings. The first-order chi connectivity index (χ1) is 9.54. The summed E-state index contributed by atoms with van der Waals surface area (Å²) in [4.78, 5) is 6.32. The monoisotopic (exact) mass is 283 g/mol. The molecule has 0 aliphatic heterocycles. The van der Waals surface area contributed by atoms with Gasteiger partial charge in [-0.25, -0.2) is 0 Å². The van der Waals surface area contributed by atoms with Crippen molar-refractivity contribution in [1.82, 2.24) is 4.98 Å². The first-order valence-corrected chi connectivity index (χ1v) is 8.09. The summed E-state index contributed by atoms with van der Waals surface area (Å²) in [6, 6.07) is 13.5. The summed E-state index contributed by atoms with van der Waals surface area (Å²) in [6.45, 7) is 8.97. The third-order valence-corrected chi connectivity index (χ3v) is 5.19. The number of rotatable bonds is 3. The molecule has 0 saturated carbocycles. The van der Waals surface area contributed by atoms with Crippen LogP contribution < -0.4 is 0 Å². The number of nitrogens with one attached hydrogen (secondary N) is 1. The van der Waals surface area contributed by atoms with Crippen LogP contribution in [0.15, 0.2) is 36.4 Å². The molecule has 1 N–H and O–H groups in total. The van der Waals surface area contributed by atoms with Crippen molar-refractivity contribution in [3.05, 3.63) is 46.8 Å². The second-order valence-electron chi connectivity index (χ2n) is 6.04. The maximum absolute atomic E-state index is 3.54. The van der Waals surface area contributed by atoms with Crippen LogP contribution >= 0.6 is 11.3 Å². The Morgan fingerprint density at radius 3 is 2.35 bits per heavy atom. The summed E-state index contributed by atoms with van der Waals surface area (Å²) < 4.78 is 0. The molecule has 0 aliphatic carbocycles. The number of thiophene rings is 1. The van der Waals surface area contributed by atoms with Gasteiger partial charge in [-0.2, -0.15) is 0 Å². The summed E-state index contributed by atoms with van der Waals surface area (Å²) in [5, 5.41) is 1.31. The lowest BCUT2D eigenvalue weighted by Gasteiger charge is -2.03. The molecule has 0 unspecified atom stereocenters. The Kier molecular flexibility index (Phi) is 3.43. The van der Waals surface area contributed by atoms with Gasteiger partial charge in [-0.05, 0) is 47.7 Å². The first kappa shape index (κ1) is 13.4. The maximum atomic E-state index is 3.54. The largest absolute Gasteiger partial charge is 0.354 e. The van der Waals surface area contributed by atoms with Crippen LogP contribution in [0.25, 0.3) is 21.5 Å². The van der Waals surface area contributed by atoms with Crippen molar-refractivity contribution in [3.63, 3.8) is 0 Å². The molecule has 1 aromatic carbocycles. The van der Waals surface area contributed by atoms with Crippen LogP contribution in [0, 0.1) is 0 Å². The number of fused-ring (bicyclic) bond motifs is 1. The lowest BCUT2D eigenvalue weighted by Crippen LogP contribution is -1.85. The fraction of sp³-hybridized carbons (Fsp3) is 0.333. The molecule has 0 radical (unpaired) electrons. The summed E-state index contributed by atoms with van der Waals surface area (Å²) in [5.74, 6) is 1.18. The van der Waals surface area contributed by atoms with Crippen molar-refractivity contribution < 1.29 is 0 Å². The molecule has 2 heterocycles. The van der Waals surface area contributed by atoms with Crippen LogP contribution in [0.2, 0.25) is 0 Å². The summed E-state index contributed by atoms with van der Waals surface area (Å²) in [7, 11) is 0. The van der Waals surface area contributed by atoms with E-state index in [1.807, 2.05) is 11.3 Å². The van der Waals surface area contributed by atoms with E-state index in [-0.39, 0.29) is 0 Å². The Labute approximate surface area is 124 Å². The number of aromatic amines is 1. The highest BCUT2D eigenvalue weighted by Gasteiger charge is 2.09. The van der Waals surface area contributed by atoms with Crippen LogP contribution in [0.1, 0.15) is 50.0 Å². The average molecular weight is 283 g/mol. The highest BCUT2D eigenvalue weighted by Crippen LogP contribution is 2.33. The topological polar surface area (TPSA) is 15.8 Å². The molecule has 0 atom stereocenters. The molecule has 0 spiro atoms. The van der Waals surface area contributed by atoms with Gasteiger partial charge in [-0.1, -0.05) is 33.8 Å². The van der Waals surface area contributed by atoms with Gasteiger partial charge in [0.2, 0.25) is 0 Å². The molecule has 0 amide bonds. The highest BCUT2D eigenvalue weighted by molar-refractivity contribution is 7.15. The smallest absolute Gasteiger partial charge is 0.0566 e. The van der Waals surface area contributed by atoms with E-state index < -0.39 is 0 Å². The van der Waals surface area contributed by atoms with Crippen LogP contribution in [0.4, 0.5) is 0 Å². The van der Waals surface area contributed by atoms with Crippen molar-refractivity contribution in [2.24, 2.45) is 0 Å². The third kappa shape index (κ3) is 2.40. The minimum atomic E-state index is 0.576. The predicted molar refractivity (Wildman–Crippen MR) is 89.8 cm³/mol. The zero-order chi connectivity index (χ0) is 14.3. The molecule has 2 aromatic heterocycles. The molecular weight excluding hydrogens is 262 g/mol. The van der Waals surface area contributed by atoms with E-state index in [4.69, 9.17) is 0 Å². The van der Waals surface area contributed by atoms with Crippen LogP contribution in [-0.2, 0) is 0 Å². The molecule has 3 rings (SSSR count). The fourth-order valence-electron chi connectivity index (χ4n) is 2.45. The number of hydrogen-bond donors (Lipinski definition) is 1. The number of benzene rings is 1. The Morgan fingerprint density at radius 1 is 0.900 bits per heavy atom. The predicted octanol–water partition coefficient (Wildman–Crippen LogP) is 6.14. The Bertz CT molecular complexity index is 731. The molecular formula is C18H21NS. The third-order valence-electron chi connectivity index (χ3n) is 3.77. The van der Waals surface area contributed by atoms with Crippen molar-refractivity contribution in [2.75, 3.05) is 0 Å². The Balaban J connectivity index is 2.03. The van der Waals surface area contributed by atoms with E-state index in [1.54, 1.807) is 0 Å². The van der Waals surface area contributed by atoms with Gasteiger partial charge in [0.15, 0.2) is 0 Å². The van der Waals surface area contributed by atoms with Gasteiger partial charge in [0.25, 0.3) is 0 Å².